The van der Waals surface area contributed by atoms with Crippen LogP contribution in [0, 0.1) is 0 Å². The Morgan fingerprint density at radius 2 is 2.30 bits per heavy atom. The molecule has 7 nitrogen and oxygen atoms in total. The minimum Gasteiger partial charge on any atom is -0.333 e. The van der Waals surface area contributed by atoms with Crippen LogP contribution in [0.4, 0.5) is 0 Å². The Labute approximate surface area is 118 Å². The van der Waals surface area contributed by atoms with Gasteiger partial charge in [0.15, 0.2) is 5.82 Å². The molecule has 2 rings (SSSR count). The number of sulfonamides is 1. The molecule has 0 aromatic carbocycles. The van der Waals surface area contributed by atoms with Crippen molar-refractivity contribution >= 4 is 15.9 Å². The largest absolute Gasteiger partial charge is 0.333 e. The van der Waals surface area contributed by atoms with E-state index in [4.69, 9.17) is 0 Å². The Hall–Kier alpha value is -1.54. The first-order chi connectivity index (χ1) is 9.37. The van der Waals surface area contributed by atoms with E-state index in [1.54, 1.807) is 17.2 Å². The summed E-state index contributed by atoms with van der Waals surface area (Å²) in [5.74, 6) is 0.585. The van der Waals surface area contributed by atoms with Crippen molar-refractivity contribution in [3.8, 4) is 0 Å². The molecular weight excluding hydrogens is 280 g/mol. The average Bonchev–Trinajstić information content (AvgIpc) is 2.85. The van der Waals surface area contributed by atoms with E-state index in [0.717, 1.165) is 25.6 Å². The lowest BCUT2D eigenvalue weighted by Gasteiger charge is -2.22. The SMILES string of the molecule is CC(=O)N1CCCC1c1nccc(CNS(C)(=O)=O)n1. The maximum absolute atomic E-state index is 11.6. The first-order valence-corrected chi connectivity index (χ1v) is 8.29. The number of hydrogen-bond donors (Lipinski definition) is 1. The summed E-state index contributed by atoms with van der Waals surface area (Å²) in [4.78, 5) is 21.9. The Bertz CT molecular complexity index is 602. The van der Waals surface area contributed by atoms with Gasteiger partial charge in [-0.2, -0.15) is 0 Å². The van der Waals surface area contributed by atoms with Crippen LogP contribution in [0.3, 0.4) is 0 Å². The van der Waals surface area contributed by atoms with Crippen molar-refractivity contribution in [1.29, 1.82) is 0 Å². The lowest BCUT2D eigenvalue weighted by atomic mass is 10.2. The van der Waals surface area contributed by atoms with Gasteiger partial charge in [-0.3, -0.25) is 4.79 Å². The average molecular weight is 298 g/mol. The highest BCUT2D eigenvalue weighted by atomic mass is 32.2. The summed E-state index contributed by atoms with van der Waals surface area (Å²) in [6.45, 7) is 2.38. The van der Waals surface area contributed by atoms with E-state index < -0.39 is 10.0 Å². The van der Waals surface area contributed by atoms with Crippen LogP contribution in [-0.2, 0) is 21.4 Å². The van der Waals surface area contributed by atoms with Gasteiger partial charge in [0.25, 0.3) is 0 Å². The van der Waals surface area contributed by atoms with E-state index in [-0.39, 0.29) is 18.5 Å². The Morgan fingerprint density at radius 1 is 1.55 bits per heavy atom. The van der Waals surface area contributed by atoms with Crippen LogP contribution in [0.15, 0.2) is 12.3 Å². The maximum Gasteiger partial charge on any atom is 0.220 e. The molecule has 20 heavy (non-hydrogen) atoms. The van der Waals surface area contributed by atoms with Gasteiger partial charge in [0.2, 0.25) is 15.9 Å². The third-order valence-electron chi connectivity index (χ3n) is 3.20. The number of carbonyl (C=O) groups excluding carboxylic acids is 1. The molecule has 1 atom stereocenters. The molecule has 0 saturated carbocycles. The van der Waals surface area contributed by atoms with E-state index in [0.29, 0.717) is 11.5 Å². The van der Waals surface area contributed by atoms with E-state index in [1.807, 2.05) is 0 Å². The summed E-state index contributed by atoms with van der Waals surface area (Å²) in [5, 5.41) is 0. The lowest BCUT2D eigenvalue weighted by Crippen LogP contribution is -2.29. The third-order valence-corrected chi connectivity index (χ3v) is 3.87. The molecule has 1 fully saturated rings. The standard InChI is InChI=1S/C12H18N4O3S/c1-9(17)16-7-3-4-11(16)12-13-6-5-10(15-12)8-14-20(2,18)19/h5-6,11,14H,3-4,7-8H2,1-2H3. The molecule has 1 aliphatic rings. The molecule has 0 aliphatic carbocycles. The molecule has 1 saturated heterocycles. The second-order valence-corrected chi connectivity index (χ2v) is 6.70. The van der Waals surface area contributed by atoms with Crippen LogP contribution in [-0.4, -0.2) is 42.0 Å². The van der Waals surface area contributed by atoms with E-state index in [1.165, 1.54) is 6.92 Å². The molecule has 0 radical (unpaired) electrons. The van der Waals surface area contributed by atoms with Crippen LogP contribution < -0.4 is 4.72 Å². The van der Waals surface area contributed by atoms with Crippen LogP contribution in [0.5, 0.6) is 0 Å². The van der Waals surface area contributed by atoms with Gasteiger partial charge in [0.05, 0.1) is 24.5 Å². The van der Waals surface area contributed by atoms with E-state index >= 15 is 0 Å². The predicted molar refractivity (Wildman–Crippen MR) is 73.1 cm³/mol. The smallest absolute Gasteiger partial charge is 0.220 e. The monoisotopic (exact) mass is 298 g/mol. The molecule has 1 aromatic rings. The fourth-order valence-electron chi connectivity index (χ4n) is 2.29. The number of carbonyl (C=O) groups is 1. The van der Waals surface area contributed by atoms with Gasteiger partial charge in [0.1, 0.15) is 0 Å². The molecule has 1 aromatic heterocycles. The van der Waals surface area contributed by atoms with Crippen molar-refractivity contribution < 1.29 is 13.2 Å². The van der Waals surface area contributed by atoms with Crippen LogP contribution in [0.25, 0.3) is 0 Å². The van der Waals surface area contributed by atoms with Crippen molar-refractivity contribution in [2.45, 2.75) is 32.4 Å². The number of aromatic nitrogens is 2. The number of amides is 1. The van der Waals surface area contributed by atoms with Gasteiger partial charge in [-0.05, 0) is 18.9 Å². The zero-order valence-electron chi connectivity index (χ0n) is 11.5. The quantitative estimate of drug-likeness (QED) is 0.858. The Morgan fingerprint density at radius 3 is 2.95 bits per heavy atom. The molecule has 0 bridgehead atoms. The second-order valence-electron chi connectivity index (χ2n) is 4.87. The summed E-state index contributed by atoms with van der Waals surface area (Å²) in [6, 6.07) is 1.56. The highest BCUT2D eigenvalue weighted by Crippen LogP contribution is 2.29. The summed E-state index contributed by atoms with van der Waals surface area (Å²) in [6.07, 6.45) is 4.46. The summed E-state index contributed by atoms with van der Waals surface area (Å²) in [7, 11) is -3.25. The molecule has 110 valence electrons. The van der Waals surface area contributed by atoms with Gasteiger partial charge >= 0.3 is 0 Å². The van der Waals surface area contributed by atoms with Gasteiger partial charge in [0, 0.05) is 19.7 Å². The molecule has 1 aliphatic heterocycles. The number of likely N-dealkylation sites (tertiary alicyclic amines) is 1. The van der Waals surface area contributed by atoms with Crippen LogP contribution >= 0.6 is 0 Å². The van der Waals surface area contributed by atoms with E-state index in [9.17, 15) is 13.2 Å². The number of nitrogens with zero attached hydrogens (tertiary/aromatic N) is 3. The minimum absolute atomic E-state index is 0.00997. The van der Waals surface area contributed by atoms with Gasteiger partial charge in [-0.15, -0.1) is 0 Å². The first kappa shape index (κ1) is 14.9. The molecule has 1 amide bonds. The summed E-state index contributed by atoms with van der Waals surface area (Å²) in [5.41, 5.74) is 0.593. The van der Waals surface area contributed by atoms with Crippen molar-refractivity contribution in [3.05, 3.63) is 23.8 Å². The van der Waals surface area contributed by atoms with Crippen molar-refractivity contribution in [2.24, 2.45) is 0 Å². The topological polar surface area (TPSA) is 92.3 Å². The number of hydrogen-bond acceptors (Lipinski definition) is 5. The zero-order chi connectivity index (χ0) is 14.8. The molecule has 8 heteroatoms. The Balaban J connectivity index is 2.15. The minimum atomic E-state index is -3.25. The second kappa shape index (κ2) is 5.84. The summed E-state index contributed by atoms with van der Waals surface area (Å²) >= 11 is 0. The molecule has 2 heterocycles. The molecular formula is C12H18N4O3S. The lowest BCUT2D eigenvalue weighted by molar-refractivity contribution is -0.129. The zero-order valence-corrected chi connectivity index (χ0v) is 12.4. The molecule has 1 N–H and O–H groups in total. The third kappa shape index (κ3) is 3.73. The molecule has 1 unspecified atom stereocenters. The van der Waals surface area contributed by atoms with Gasteiger partial charge in [-0.1, -0.05) is 0 Å². The van der Waals surface area contributed by atoms with Crippen LogP contribution in [0.2, 0.25) is 0 Å². The number of nitrogens with one attached hydrogen (secondary N) is 1. The van der Waals surface area contributed by atoms with E-state index in [2.05, 4.69) is 14.7 Å². The normalized spacial score (nSPS) is 19.3. The highest BCUT2D eigenvalue weighted by Gasteiger charge is 2.29. The molecule has 0 spiro atoms. The summed E-state index contributed by atoms with van der Waals surface area (Å²) < 4.78 is 24.6. The van der Waals surface area contributed by atoms with Gasteiger partial charge < -0.3 is 4.90 Å². The predicted octanol–water partition coefficient (Wildman–Crippen LogP) is 0.209. The van der Waals surface area contributed by atoms with Gasteiger partial charge in [-0.25, -0.2) is 23.1 Å². The maximum atomic E-state index is 11.6. The van der Waals surface area contributed by atoms with Crippen molar-refractivity contribution in [3.63, 3.8) is 0 Å². The van der Waals surface area contributed by atoms with Crippen molar-refractivity contribution in [2.75, 3.05) is 12.8 Å². The first-order valence-electron chi connectivity index (χ1n) is 6.40. The number of rotatable bonds is 4. The fourth-order valence-corrected chi connectivity index (χ4v) is 2.70. The Kier molecular flexibility index (Phi) is 4.34. The van der Waals surface area contributed by atoms with Crippen molar-refractivity contribution in [1.82, 2.24) is 19.6 Å². The highest BCUT2D eigenvalue weighted by molar-refractivity contribution is 7.88. The van der Waals surface area contributed by atoms with Crippen LogP contribution in [0.1, 0.15) is 37.3 Å². The fraction of sp³-hybridized carbons (Fsp3) is 0.583.